The standard InChI is InChI=1S/C11H10ClN3O2/c1-6-8(12)5-15(14-6)10-4-7(11(16)17)2-3-9(10)13/h2-5H,13H2,1H3,(H,16,17). The second-order valence-electron chi connectivity index (χ2n) is 3.59. The van der Waals surface area contributed by atoms with Crippen molar-refractivity contribution in [2.45, 2.75) is 6.92 Å². The van der Waals surface area contributed by atoms with E-state index in [0.717, 1.165) is 0 Å². The van der Waals surface area contributed by atoms with E-state index in [9.17, 15) is 4.79 Å². The van der Waals surface area contributed by atoms with Gasteiger partial charge in [-0.1, -0.05) is 11.6 Å². The van der Waals surface area contributed by atoms with Crippen molar-refractivity contribution in [3.8, 4) is 5.69 Å². The number of hydrogen-bond donors (Lipinski definition) is 2. The zero-order valence-corrected chi connectivity index (χ0v) is 9.77. The molecule has 0 saturated heterocycles. The van der Waals surface area contributed by atoms with Crippen molar-refractivity contribution >= 4 is 23.3 Å². The monoisotopic (exact) mass is 251 g/mol. The summed E-state index contributed by atoms with van der Waals surface area (Å²) < 4.78 is 1.47. The highest BCUT2D eigenvalue weighted by Gasteiger charge is 2.10. The highest BCUT2D eigenvalue weighted by atomic mass is 35.5. The van der Waals surface area contributed by atoms with Gasteiger partial charge in [0.2, 0.25) is 0 Å². The van der Waals surface area contributed by atoms with E-state index in [1.54, 1.807) is 13.1 Å². The number of rotatable bonds is 2. The molecule has 88 valence electrons. The normalized spacial score (nSPS) is 10.5. The minimum absolute atomic E-state index is 0.151. The number of carboxylic acids is 1. The van der Waals surface area contributed by atoms with Crippen LogP contribution in [0.25, 0.3) is 5.69 Å². The number of nitrogens with zero attached hydrogens (tertiary/aromatic N) is 2. The van der Waals surface area contributed by atoms with Crippen LogP contribution in [0.5, 0.6) is 0 Å². The second kappa shape index (κ2) is 4.10. The maximum absolute atomic E-state index is 10.9. The second-order valence-corrected chi connectivity index (χ2v) is 3.99. The number of aryl methyl sites for hydroxylation is 1. The zero-order valence-electron chi connectivity index (χ0n) is 9.01. The quantitative estimate of drug-likeness (QED) is 0.801. The Kier molecular flexibility index (Phi) is 2.77. The maximum atomic E-state index is 10.9. The van der Waals surface area contributed by atoms with E-state index < -0.39 is 5.97 Å². The first kappa shape index (κ1) is 11.5. The Bertz CT molecular complexity index is 573. The van der Waals surface area contributed by atoms with Crippen molar-refractivity contribution < 1.29 is 9.90 Å². The number of aromatic nitrogens is 2. The predicted molar refractivity (Wildman–Crippen MR) is 64.7 cm³/mol. The molecule has 0 fully saturated rings. The number of anilines is 1. The van der Waals surface area contributed by atoms with Crippen LogP contribution in [0.15, 0.2) is 24.4 Å². The van der Waals surface area contributed by atoms with Gasteiger partial charge in [0.15, 0.2) is 0 Å². The molecule has 5 nitrogen and oxygen atoms in total. The van der Waals surface area contributed by atoms with Crippen molar-refractivity contribution in [2.75, 3.05) is 5.73 Å². The molecule has 1 aromatic heterocycles. The van der Waals surface area contributed by atoms with Crippen LogP contribution in [-0.4, -0.2) is 20.9 Å². The minimum atomic E-state index is -1.01. The molecule has 0 bridgehead atoms. The summed E-state index contributed by atoms with van der Waals surface area (Å²) in [6.07, 6.45) is 1.59. The Morgan fingerprint density at radius 2 is 2.24 bits per heavy atom. The molecule has 0 amide bonds. The first-order chi connectivity index (χ1) is 7.99. The average Bonchev–Trinajstić information content (AvgIpc) is 2.59. The molecule has 3 N–H and O–H groups in total. The van der Waals surface area contributed by atoms with Crippen LogP contribution >= 0.6 is 11.6 Å². The van der Waals surface area contributed by atoms with Gasteiger partial charge in [0.05, 0.1) is 27.7 Å². The van der Waals surface area contributed by atoms with Crippen LogP contribution < -0.4 is 5.73 Å². The Morgan fingerprint density at radius 3 is 2.76 bits per heavy atom. The Balaban J connectivity index is 2.57. The summed E-state index contributed by atoms with van der Waals surface area (Å²) in [5.41, 5.74) is 7.53. The average molecular weight is 252 g/mol. The van der Waals surface area contributed by atoms with Gasteiger partial charge in [-0.05, 0) is 25.1 Å². The maximum Gasteiger partial charge on any atom is 0.335 e. The van der Waals surface area contributed by atoms with Crippen molar-refractivity contribution in [2.24, 2.45) is 0 Å². The third kappa shape index (κ3) is 2.09. The highest BCUT2D eigenvalue weighted by molar-refractivity contribution is 6.31. The lowest BCUT2D eigenvalue weighted by molar-refractivity contribution is 0.0697. The number of nitrogens with two attached hydrogens (primary N) is 1. The molecule has 0 aliphatic carbocycles. The van der Waals surface area contributed by atoms with E-state index in [4.69, 9.17) is 22.4 Å². The number of hydrogen-bond acceptors (Lipinski definition) is 3. The molecule has 0 aliphatic heterocycles. The third-order valence-electron chi connectivity index (χ3n) is 2.36. The molecule has 0 radical (unpaired) electrons. The largest absolute Gasteiger partial charge is 0.478 e. The van der Waals surface area contributed by atoms with Gasteiger partial charge in [0.25, 0.3) is 0 Å². The van der Waals surface area contributed by atoms with Crippen LogP contribution in [-0.2, 0) is 0 Å². The van der Waals surface area contributed by atoms with E-state index in [1.807, 2.05) is 0 Å². The summed E-state index contributed by atoms with van der Waals surface area (Å²) in [7, 11) is 0. The van der Waals surface area contributed by atoms with Crippen LogP contribution in [0, 0.1) is 6.92 Å². The molecule has 2 aromatic rings. The summed E-state index contributed by atoms with van der Waals surface area (Å²) in [5, 5.41) is 13.6. The SMILES string of the molecule is Cc1nn(-c2cc(C(=O)O)ccc2N)cc1Cl. The topological polar surface area (TPSA) is 81.1 Å². The van der Waals surface area contributed by atoms with E-state index in [-0.39, 0.29) is 5.56 Å². The predicted octanol–water partition coefficient (Wildman–Crippen LogP) is 2.11. The van der Waals surface area contributed by atoms with Gasteiger partial charge in [-0.15, -0.1) is 0 Å². The molecular weight excluding hydrogens is 242 g/mol. The third-order valence-corrected chi connectivity index (χ3v) is 2.73. The molecule has 0 spiro atoms. The zero-order chi connectivity index (χ0) is 12.6. The first-order valence-electron chi connectivity index (χ1n) is 4.84. The van der Waals surface area contributed by atoms with E-state index in [1.165, 1.54) is 22.9 Å². The number of halogens is 1. The fraction of sp³-hybridized carbons (Fsp3) is 0.0909. The van der Waals surface area contributed by atoms with Gasteiger partial charge in [-0.25, -0.2) is 9.48 Å². The number of benzene rings is 1. The Morgan fingerprint density at radius 1 is 1.53 bits per heavy atom. The van der Waals surface area contributed by atoms with Gasteiger partial charge < -0.3 is 10.8 Å². The molecule has 0 aliphatic rings. The van der Waals surface area contributed by atoms with Gasteiger partial charge in [0, 0.05) is 6.20 Å². The fourth-order valence-corrected chi connectivity index (χ4v) is 1.57. The number of carboxylic acid groups (broad SMARTS) is 1. The van der Waals surface area contributed by atoms with Gasteiger partial charge >= 0.3 is 5.97 Å². The molecular formula is C11H10ClN3O2. The summed E-state index contributed by atoms with van der Waals surface area (Å²) >= 11 is 5.89. The summed E-state index contributed by atoms with van der Waals surface area (Å²) in [4.78, 5) is 10.9. The minimum Gasteiger partial charge on any atom is -0.478 e. The number of carbonyl (C=O) groups is 1. The van der Waals surface area contributed by atoms with Crippen molar-refractivity contribution in [1.29, 1.82) is 0 Å². The molecule has 1 heterocycles. The van der Waals surface area contributed by atoms with Gasteiger partial charge in [-0.3, -0.25) is 0 Å². The van der Waals surface area contributed by atoms with Crippen LogP contribution in [0.4, 0.5) is 5.69 Å². The molecule has 2 rings (SSSR count). The summed E-state index contributed by atoms with van der Waals surface area (Å²) in [6, 6.07) is 4.43. The van der Waals surface area contributed by atoms with Gasteiger partial charge in [-0.2, -0.15) is 5.10 Å². The van der Waals surface area contributed by atoms with E-state index in [0.29, 0.717) is 22.1 Å². The molecule has 0 saturated carbocycles. The van der Waals surface area contributed by atoms with Crippen LogP contribution in [0.2, 0.25) is 5.02 Å². The van der Waals surface area contributed by atoms with Crippen molar-refractivity contribution in [3.63, 3.8) is 0 Å². The Labute approximate surface area is 102 Å². The van der Waals surface area contributed by atoms with Crippen molar-refractivity contribution in [3.05, 3.63) is 40.7 Å². The lowest BCUT2D eigenvalue weighted by Crippen LogP contribution is -2.04. The lowest BCUT2D eigenvalue weighted by Gasteiger charge is -2.06. The Hall–Kier alpha value is -2.01. The first-order valence-corrected chi connectivity index (χ1v) is 5.22. The molecule has 0 unspecified atom stereocenters. The number of aromatic carboxylic acids is 1. The fourth-order valence-electron chi connectivity index (χ4n) is 1.44. The highest BCUT2D eigenvalue weighted by Crippen LogP contribution is 2.22. The summed E-state index contributed by atoms with van der Waals surface area (Å²) in [5.74, 6) is -1.01. The summed E-state index contributed by atoms with van der Waals surface area (Å²) in [6.45, 7) is 1.76. The molecule has 17 heavy (non-hydrogen) atoms. The molecule has 0 atom stereocenters. The lowest BCUT2D eigenvalue weighted by atomic mass is 10.2. The van der Waals surface area contributed by atoms with Crippen LogP contribution in [0.1, 0.15) is 16.1 Å². The van der Waals surface area contributed by atoms with Crippen molar-refractivity contribution in [1.82, 2.24) is 9.78 Å². The van der Waals surface area contributed by atoms with E-state index in [2.05, 4.69) is 5.10 Å². The molecule has 1 aromatic carbocycles. The smallest absolute Gasteiger partial charge is 0.335 e. The molecule has 6 heteroatoms. The van der Waals surface area contributed by atoms with E-state index >= 15 is 0 Å². The van der Waals surface area contributed by atoms with Crippen LogP contribution in [0.3, 0.4) is 0 Å². The van der Waals surface area contributed by atoms with Gasteiger partial charge in [0.1, 0.15) is 0 Å². The number of nitrogen functional groups attached to an aromatic ring is 1.